The van der Waals surface area contributed by atoms with E-state index in [4.69, 9.17) is 0 Å². The molecule has 0 saturated carbocycles. The summed E-state index contributed by atoms with van der Waals surface area (Å²) in [7, 11) is 4.07. The molecule has 0 aliphatic rings. The number of carbonyl (C=O) groups excluding carboxylic acids is 2. The van der Waals surface area contributed by atoms with Gasteiger partial charge in [-0.25, -0.2) is 5.06 Å². The van der Waals surface area contributed by atoms with Crippen molar-refractivity contribution in [2.45, 2.75) is 19.3 Å². The number of esters is 1. The van der Waals surface area contributed by atoms with Gasteiger partial charge in [-0.15, -0.1) is 0 Å². The summed E-state index contributed by atoms with van der Waals surface area (Å²) >= 11 is 0. The maximum Gasteiger partial charge on any atom is 0.305 e. The number of nitro groups is 1. The smallest absolute Gasteiger partial charge is 0.305 e. The van der Waals surface area contributed by atoms with Crippen LogP contribution in [0, 0.1) is 16.0 Å². The Morgan fingerprint density at radius 3 is 2.55 bits per heavy atom. The standard InChI is InChI=1S/C12H20N2O6/c1-13(20-3)11(15)8-7-10(9-14(17)18)5-4-6-12(16)19-2/h7-8,10H,4-6,9H2,1-3H3/b8-7+/t10-/m1/s1. The van der Waals surface area contributed by atoms with Gasteiger partial charge in [-0.1, -0.05) is 6.08 Å². The van der Waals surface area contributed by atoms with Crippen LogP contribution in [0.1, 0.15) is 19.3 Å². The minimum atomic E-state index is -0.447. The van der Waals surface area contributed by atoms with Crippen molar-refractivity contribution < 1.29 is 24.1 Å². The molecule has 1 atom stereocenters. The minimum Gasteiger partial charge on any atom is -0.469 e. The number of nitrogens with zero attached hydrogens (tertiary/aromatic N) is 2. The van der Waals surface area contributed by atoms with Crippen LogP contribution in [0.5, 0.6) is 0 Å². The van der Waals surface area contributed by atoms with Gasteiger partial charge in [0.1, 0.15) is 0 Å². The normalized spacial score (nSPS) is 12.2. The van der Waals surface area contributed by atoms with Crippen molar-refractivity contribution in [1.82, 2.24) is 5.06 Å². The second kappa shape index (κ2) is 9.90. The molecule has 0 spiro atoms. The molecule has 0 unspecified atom stereocenters. The number of ether oxygens (including phenoxy) is 1. The molecule has 0 saturated heterocycles. The van der Waals surface area contributed by atoms with Gasteiger partial charge in [0, 0.05) is 30.4 Å². The molecule has 0 radical (unpaired) electrons. The van der Waals surface area contributed by atoms with Gasteiger partial charge < -0.3 is 4.74 Å². The maximum atomic E-state index is 11.5. The van der Waals surface area contributed by atoms with E-state index in [-0.39, 0.29) is 18.9 Å². The predicted molar refractivity (Wildman–Crippen MR) is 70.1 cm³/mol. The number of methoxy groups -OCH3 is 1. The molecule has 1 amide bonds. The highest BCUT2D eigenvalue weighted by atomic mass is 16.7. The Balaban J connectivity index is 4.41. The molecule has 0 heterocycles. The summed E-state index contributed by atoms with van der Waals surface area (Å²) in [5.74, 6) is -1.18. The van der Waals surface area contributed by atoms with Gasteiger partial charge in [0.25, 0.3) is 5.91 Å². The fourth-order valence-corrected chi connectivity index (χ4v) is 1.46. The molecule has 0 aromatic carbocycles. The average Bonchev–Trinajstić information content (AvgIpc) is 2.42. The average molecular weight is 288 g/mol. The molecule has 0 bridgehead atoms. The Morgan fingerprint density at radius 1 is 1.40 bits per heavy atom. The van der Waals surface area contributed by atoms with Crippen LogP contribution in [0.4, 0.5) is 0 Å². The molecule has 0 rings (SSSR count). The van der Waals surface area contributed by atoms with Crippen molar-refractivity contribution in [2.75, 3.05) is 27.8 Å². The first-order valence-corrected chi connectivity index (χ1v) is 6.09. The Hall–Kier alpha value is -1.96. The molecule has 0 N–H and O–H groups in total. The van der Waals surface area contributed by atoms with Crippen LogP contribution in [0.3, 0.4) is 0 Å². The second-order valence-corrected chi connectivity index (χ2v) is 4.12. The van der Waals surface area contributed by atoms with Crippen molar-refractivity contribution in [3.63, 3.8) is 0 Å². The quantitative estimate of drug-likeness (QED) is 0.269. The summed E-state index contributed by atoms with van der Waals surface area (Å²) in [5, 5.41) is 11.6. The predicted octanol–water partition coefficient (Wildman–Crippen LogP) is 0.799. The van der Waals surface area contributed by atoms with E-state index in [1.54, 1.807) is 0 Å². The number of hydrogen-bond donors (Lipinski definition) is 0. The van der Waals surface area contributed by atoms with Crippen molar-refractivity contribution in [2.24, 2.45) is 5.92 Å². The summed E-state index contributed by atoms with van der Waals surface area (Å²) in [4.78, 5) is 37.2. The number of carbonyl (C=O) groups is 2. The molecule has 0 aromatic rings. The molecule has 8 heteroatoms. The maximum absolute atomic E-state index is 11.5. The van der Waals surface area contributed by atoms with E-state index >= 15 is 0 Å². The lowest BCUT2D eigenvalue weighted by Gasteiger charge is -2.11. The Morgan fingerprint density at radius 2 is 2.05 bits per heavy atom. The van der Waals surface area contributed by atoms with Gasteiger partial charge in [0.05, 0.1) is 14.2 Å². The van der Waals surface area contributed by atoms with Crippen molar-refractivity contribution in [1.29, 1.82) is 0 Å². The summed E-state index contributed by atoms with van der Waals surface area (Å²) in [5.41, 5.74) is 0. The topological polar surface area (TPSA) is 99.0 Å². The molecule has 8 nitrogen and oxygen atoms in total. The second-order valence-electron chi connectivity index (χ2n) is 4.12. The highest BCUT2D eigenvalue weighted by molar-refractivity contribution is 5.86. The van der Waals surface area contributed by atoms with E-state index in [0.717, 1.165) is 5.06 Å². The first-order valence-electron chi connectivity index (χ1n) is 6.09. The van der Waals surface area contributed by atoms with E-state index in [9.17, 15) is 19.7 Å². The van der Waals surface area contributed by atoms with Crippen molar-refractivity contribution >= 4 is 11.9 Å². The van der Waals surface area contributed by atoms with Gasteiger partial charge in [-0.3, -0.25) is 24.5 Å². The molecule has 20 heavy (non-hydrogen) atoms. The van der Waals surface area contributed by atoms with E-state index in [1.807, 2.05) is 0 Å². The zero-order valence-electron chi connectivity index (χ0n) is 11.9. The van der Waals surface area contributed by atoms with Crippen molar-refractivity contribution in [3.05, 3.63) is 22.3 Å². The number of amides is 1. The van der Waals surface area contributed by atoms with E-state index in [2.05, 4.69) is 9.57 Å². The monoisotopic (exact) mass is 288 g/mol. The first kappa shape index (κ1) is 18.0. The van der Waals surface area contributed by atoms with E-state index < -0.39 is 16.7 Å². The lowest BCUT2D eigenvalue weighted by Crippen LogP contribution is -2.23. The van der Waals surface area contributed by atoms with Crippen LogP contribution < -0.4 is 0 Å². The fourth-order valence-electron chi connectivity index (χ4n) is 1.46. The van der Waals surface area contributed by atoms with Gasteiger partial charge >= 0.3 is 5.97 Å². The largest absolute Gasteiger partial charge is 0.469 e. The fraction of sp³-hybridized carbons (Fsp3) is 0.667. The molecule has 0 aliphatic carbocycles. The number of rotatable bonds is 9. The van der Waals surface area contributed by atoms with Crippen LogP contribution in [-0.4, -0.2) is 49.7 Å². The van der Waals surface area contributed by atoms with Crippen LogP contribution in [0.25, 0.3) is 0 Å². The molecule has 114 valence electrons. The van der Waals surface area contributed by atoms with Crippen LogP contribution >= 0.6 is 0 Å². The lowest BCUT2D eigenvalue weighted by molar-refractivity contribution is -0.486. The Labute approximate surface area is 117 Å². The van der Waals surface area contributed by atoms with E-state index in [0.29, 0.717) is 12.8 Å². The summed E-state index contributed by atoms with van der Waals surface area (Å²) < 4.78 is 4.49. The van der Waals surface area contributed by atoms with Gasteiger partial charge in [0.2, 0.25) is 6.54 Å². The van der Waals surface area contributed by atoms with Crippen LogP contribution in [0.2, 0.25) is 0 Å². The number of likely N-dealkylation sites (N-methyl/N-ethyl adjacent to an activating group) is 1. The highest BCUT2D eigenvalue weighted by Crippen LogP contribution is 2.11. The number of hydrogen-bond acceptors (Lipinski definition) is 6. The SMILES string of the molecule is COC(=O)CCC[C@H](/C=C/C(=O)N(C)OC)C[N+](=O)[O-]. The van der Waals surface area contributed by atoms with Gasteiger partial charge in [0.15, 0.2) is 0 Å². The molecular formula is C12H20N2O6. The van der Waals surface area contributed by atoms with Gasteiger partial charge in [-0.2, -0.15) is 0 Å². The Bertz CT molecular complexity index is 369. The first-order chi connectivity index (χ1) is 9.40. The number of hydroxylamine groups is 2. The molecular weight excluding hydrogens is 268 g/mol. The minimum absolute atomic E-state index is 0.199. The van der Waals surface area contributed by atoms with E-state index in [1.165, 1.54) is 33.4 Å². The third kappa shape index (κ3) is 8.20. The van der Waals surface area contributed by atoms with Crippen molar-refractivity contribution in [3.8, 4) is 0 Å². The molecule has 0 fully saturated rings. The third-order valence-electron chi connectivity index (χ3n) is 2.66. The lowest BCUT2D eigenvalue weighted by atomic mass is 10.0. The molecule has 0 aromatic heterocycles. The van der Waals surface area contributed by atoms with Crippen LogP contribution in [0.15, 0.2) is 12.2 Å². The summed E-state index contributed by atoms with van der Waals surface area (Å²) in [6.45, 7) is -0.290. The zero-order valence-corrected chi connectivity index (χ0v) is 11.9. The zero-order chi connectivity index (χ0) is 15.5. The third-order valence-corrected chi connectivity index (χ3v) is 2.66. The molecule has 0 aliphatic heterocycles. The van der Waals surface area contributed by atoms with Gasteiger partial charge in [-0.05, 0) is 12.8 Å². The summed E-state index contributed by atoms with van der Waals surface area (Å²) in [6.07, 6.45) is 3.79. The summed E-state index contributed by atoms with van der Waals surface area (Å²) in [6, 6.07) is 0. The Kier molecular flexibility index (Phi) is 8.93. The van der Waals surface area contributed by atoms with Crippen LogP contribution in [-0.2, 0) is 19.2 Å². The highest BCUT2D eigenvalue weighted by Gasteiger charge is 2.14.